The molecule has 0 rings (SSSR count). The fourth-order valence-electron chi connectivity index (χ4n) is 0.441. The van der Waals surface area contributed by atoms with Crippen LogP contribution in [0.3, 0.4) is 0 Å². The van der Waals surface area contributed by atoms with Crippen LogP contribution < -0.4 is 10.6 Å². The van der Waals surface area contributed by atoms with Crippen LogP contribution in [-0.4, -0.2) is 30.7 Å². The second-order valence-electron chi connectivity index (χ2n) is 1.89. The Morgan fingerprint density at radius 1 is 1.36 bits per heavy atom. The Morgan fingerprint density at radius 3 is 2.45 bits per heavy atom. The molecule has 0 aromatic heterocycles. The maximum absolute atomic E-state index is 10.7. The van der Waals surface area contributed by atoms with E-state index in [1.165, 1.54) is 7.05 Å². The zero-order chi connectivity index (χ0) is 8.69. The molecule has 11 heavy (non-hydrogen) atoms. The summed E-state index contributed by atoms with van der Waals surface area (Å²) in [5, 5.41) is 5.47. The van der Waals surface area contributed by atoms with Crippen LogP contribution in [0.15, 0.2) is 0 Å². The summed E-state index contributed by atoms with van der Waals surface area (Å²) >= 11 is 3.11. The van der Waals surface area contributed by atoms with Gasteiger partial charge >= 0.3 is 0 Å². The fourth-order valence-corrected chi connectivity index (χ4v) is 0.802. The van der Waals surface area contributed by atoms with Gasteiger partial charge in [0.25, 0.3) is 0 Å². The number of nitrogens with one attached hydrogen (secondary N) is 2. The Morgan fingerprint density at radius 2 is 2.00 bits per heavy atom. The van der Waals surface area contributed by atoms with Crippen LogP contribution in [0, 0.1) is 0 Å². The highest BCUT2D eigenvalue weighted by Gasteiger charge is 2.01. The Labute approximate surface area is 73.9 Å². The lowest BCUT2D eigenvalue weighted by Crippen LogP contribution is -2.35. The fraction of sp³-hybridized carbons (Fsp3) is 0.667. The Balaban J connectivity index is 3.38. The number of carbonyl (C=O) groups is 2. The van der Waals surface area contributed by atoms with Gasteiger partial charge in [0.05, 0.1) is 6.54 Å². The van der Waals surface area contributed by atoms with Crippen molar-refractivity contribution in [1.29, 1.82) is 0 Å². The highest BCUT2D eigenvalue weighted by Crippen LogP contribution is 1.85. The summed E-state index contributed by atoms with van der Waals surface area (Å²) in [6, 6.07) is 0. The molecule has 0 fully saturated rings. The molecular weight excluding hydrogens is 212 g/mol. The first-order valence-electron chi connectivity index (χ1n) is 3.24. The molecule has 0 aliphatic carbocycles. The van der Waals surface area contributed by atoms with Crippen LogP contribution in [0.2, 0.25) is 0 Å². The third kappa shape index (κ3) is 5.84. The van der Waals surface area contributed by atoms with E-state index in [1.807, 2.05) is 0 Å². The number of hydrogen-bond donors (Lipinski definition) is 2. The van der Waals surface area contributed by atoms with Crippen LogP contribution in [0.4, 0.5) is 0 Å². The van der Waals surface area contributed by atoms with E-state index in [4.69, 9.17) is 0 Å². The van der Waals surface area contributed by atoms with Gasteiger partial charge in [-0.15, -0.1) is 0 Å². The number of hydrogen-bond acceptors (Lipinski definition) is 2. The van der Waals surface area contributed by atoms with E-state index in [0.717, 1.165) is 0 Å². The minimum Gasteiger partial charge on any atom is -0.358 e. The first-order chi connectivity index (χ1) is 5.20. The van der Waals surface area contributed by atoms with Crippen LogP contribution in [-0.2, 0) is 9.59 Å². The quantitative estimate of drug-likeness (QED) is 0.639. The molecule has 5 heteroatoms. The van der Waals surface area contributed by atoms with Gasteiger partial charge in [-0.05, 0) is 0 Å². The smallest absolute Gasteiger partial charge is 0.239 e. The molecule has 0 aliphatic rings. The molecule has 0 bridgehead atoms. The van der Waals surface area contributed by atoms with Gasteiger partial charge in [0, 0.05) is 18.8 Å². The number of alkyl halides is 1. The SMILES string of the molecule is CNC(=O)CNC(=O)CCBr. The van der Waals surface area contributed by atoms with Crippen LogP contribution in [0.1, 0.15) is 6.42 Å². The summed E-state index contributed by atoms with van der Waals surface area (Å²) in [5.41, 5.74) is 0. The van der Waals surface area contributed by atoms with Crippen molar-refractivity contribution >= 4 is 27.7 Å². The van der Waals surface area contributed by atoms with Crippen molar-refractivity contribution in [2.45, 2.75) is 6.42 Å². The van der Waals surface area contributed by atoms with Crippen molar-refractivity contribution in [2.24, 2.45) is 0 Å². The van der Waals surface area contributed by atoms with Gasteiger partial charge in [-0.2, -0.15) is 0 Å². The molecule has 0 saturated carbocycles. The van der Waals surface area contributed by atoms with Crippen molar-refractivity contribution in [2.75, 3.05) is 18.9 Å². The molecular formula is C6H11BrN2O2. The predicted molar refractivity (Wildman–Crippen MR) is 45.5 cm³/mol. The van der Waals surface area contributed by atoms with E-state index in [-0.39, 0.29) is 18.4 Å². The predicted octanol–water partition coefficient (Wildman–Crippen LogP) is -0.366. The molecule has 64 valence electrons. The van der Waals surface area contributed by atoms with Gasteiger partial charge < -0.3 is 10.6 Å². The van der Waals surface area contributed by atoms with Gasteiger partial charge in [0.1, 0.15) is 0 Å². The second-order valence-corrected chi connectivity index (χ2v) is 2.68. The highest BCUT2D eigenvalue weighted by atomic mass is 79.9. The molecule has 0 atom stereocenters. The summed E-state index contributed by atoms with van der Waals surface area (Å²) in [4.78, 5) is 21.3. The molecule has 0 heterocycles. The van der Waals surface area contributed by atoms with E-state index in [1.54, 1.807) is 0 Å². The minimum atomic E-state index is -0.187. The lowest BCUT2D eigenvalue weighted by atomic mass is 10.4. The molecule has 0 saturated heterocycles. The lowest BCUT2D eigenvalue weighted by molar-refractivity contribution is -0.125. The second kappa shape index (κ2) is 6.15. The number of halogens is 1. The molecule has 0 unspecified atom stereocenters. The maximum atomic E-state index is 10.7. The Kier molecular flexibility index (Phi) is 5.83. The van der Waals surface area contributed by atoms with Crippen molar-refractivity contribution in [3.05, 3.63) is 0 Å². The van der Waals surface area contributed by atoms with E-state index in [2.05, 4.69) is 26.6 Å². The molecule has 2 amide bonds. The minimum absolute atomic E-state index is 0.0579. The Hall–Kier alpha value is -0.580. The largest absolute Gasteiger partial charge is 0.358 e. The average Bonchev–Trinajstić information content (AvgIpc) is 2.01. The number of likely N-dealkylation sites (N-methyl/N-ethyl adjacent to an activating group) is 1. The molecule has 0 radical (unpaired) electrons. The normalized spacial score (nSPS) is 8.91. The van der Waals surface area contributed by atoms with Gasteiger partial charge in [-0.1, -0.05) is 15.9 Å². The number of amides is 2. The van der Waals surface area contributed by atoms with Gasteiger partial charge in [-0.3, -0.25) is 9.59 Å². The summed E-state index contributed by atoms with van der Waals surface area (Å²) in [6.45, 7) is 0.0579. The number of rotatable bonds is 4. The van der Waals surface area contributed by atoms with Crippen LogP contribution in [0.25, 0.3) is 0 Å². The zero-order valence-electron chi connectivity index (χ0n) is 6.32. The topological polar surface area (TPSA) is 58.2 Å². The average molecular weight is 223 g/mol. The first kappa shape index (κ1) is 10.4. The summed E-state index contributed by atoms with van der Waals surface area (Å²) in [7, 11) is 1.53. The molecule has 0 spiro atoms. The molecule has 4 nitrogen and oxygen atoms in total. The van der Waals surface area contributed by atoms with Crippen molar-refractivity contribution < 1.29 is 9.59 Å². The molecule has 0 aromatic rings. The third-order valence-electron chi connectivity index (χ3n) is 1.05. The summed E-state index contributed by atoms with van der Waals surface area (Å²) in [5.74, 6) is -0.307. The van der Waals surface area contributed by atoms with E-state index in [0.29, 0.717) is 11.8 Å². The van der Waals surface area contributed by atoms with E-state index < -0.39 is 0 Å². The Bertz CT molecular complexity index is 150. The lowest BCUT2D eigenvalue weighted by Gasteiger charge is -2.01. The maximum Gasteiger partial charge on any atom is 0.239 e. The highest BCUT2D eigenvalue weighted by molar-refractivity contribution is 9.09. The molecule has 0 aliphatic heterocycles. The van der Waals surface area contributed by atoms with Gasteiger partial charge in [0.15, 0.2) is 0 Å². The third-order valence-corrected chi connectivity index (χ3v) is 1.44. The van der Waals surface area contributed by atoms with Crippen LogP contribution in [0.5, 0.6) is 0 Å². The molecule has 2 N–H and O–H groups in total. The monoisotopic (exact) mass is 222 g/mol. The zero-order valence-corrected chi connectivity index (χ0v) is 7.90. The summed E-state index contributed by atoms with van der Waals surface area (Å²) in [6.07, 6.45) is 0.400. The summed E-state index contributed by atoms with van der Waals surface area (Å²) < 4.78 is 0. The van der Waals surface area contributed by atoms with Gasteiger partial charge in [0.2, 0.25) is 11.8 Å². The standard InChI is InChI=1S/C6H11BrN2O2/c1-8-6(11)4-9-5(10)2-3-7/h2-4H2,1H3,(H,8,11)(H,9,10). The van der Waals surface area contributed by atoms with E-state index in [9.17, 15) is 9.59 Å². The van der Waals surface area contributed by atoms with Gasteiger partial charge in [-0.25, -0.2) is 0 Å². The number of carbonyl (C=O) groups excluding carboxylic acids is 2. The first-order valence-corrected chi connectivity index (χ1v) is 4.36. The van der Waals surface area contributed by atoms with Crippen LogP contribution >= 0.6 is 15.9 Å². The van der Waals surface area contributed by atoms with Crippen molar-refractivity contribution in [3.8, 4) is 0 Å². The molecule has 0 aromatic carbocycles. The van der Waals surface area contributed by atoms with Crippen molar-refractivity contribution in [3.63, 3.8) is 0 Å². The van der Waals surface area contributed by atoms with Crippen molar-refractivity contribution in [1.82, 2.24) is 10.6 Å². The van der Waals surface area contributed by atoms with E-state index >= 15 is 0 Å².